The summed E-state index contributed by atoms with van der Waals surface area (Å²) in [5, 5.41) is 10.4. The van der Waals surface area contributed by atoms with E-state index in [0.717, 1.165) is 0 Å². The quantitative estimate of drug-likeness (QED) is 0.674. The Balaban J connectivity index is 2.26. The number of nitrogens with zero attached hydrogens (tertiary/aromatic N) is 1. The molecule has 6 heteroatoms. The van der Waals surface area contributed by atoms with Crippen LogP contribution in [-0.2, 0) is 9.53 Å². The number of pyridine rings is 1. The second-order valence-corrected chi connectivity index (χ2v) is 5.12. The van der Waals surface area contributed by atoms with Gasteiger partial charge in [0.15, 0.2) is 0 Å². The number of carboxylic acid groups (broad SMARTS) is 1. The van der Waals surface area contributed by atoms with Gasteiger partial charge in [-0.2, -0.15) is 0 Å². The second kappa shape index (κ2) is 6.38. The van der Waals surface area contributed by atoms with E-state index in [9.17, 15) is 14.7 Å². The number of para-hydroxylation sites is 1. The minimum Gasteiger partial charge on any atom is -0.478 e. The Bertz CT molecular complexity index is 657. The molecule has 1 N–H and O–H groups in total. The molecular weight excluding hydrogens is 278 g/mol. The summed E-state index contributed by atoms with van der Waals surface area (Å²) < 4.78 is 4.55. The van der Waals surface area contributed by atoms with E-state index >= 15 is 0 Å². The second-order valence-electron chi connectivity index (χ2n) is 4.00. The number of hydrogen-bond donors (Lipinski definition) is 1. The smallest absolute Gasteiger partial charge is 0.336 e. The van der Waals surface area contributed by atoms with Crippen molar-refractivity contribution in [1.82, 2.24) is 4.98 Å². The molecule has 1 aromatic heterocycles. The predicted octanol–water partition coefficient (Wildman–Crippen LogP) is 2.59. The van der Waals surface area contributed by atoms with Gasteiger partial charge < -0.3 is 9.84 Å². The Labute approximate surface area is 120 Å². The van der Waals surface area contributed by atoms with Crippen molar-refractivity contribution >= 4 is 34.6 Å². The summed E-state index contributed by atoms with van der Waals surface area (Å²) in [4.78, 5) is 26.7. The zero-order chi connectivity index (χ0) is 14.5. The maximum Gasteiger partial charge on any atom is 0.336 e. The van der Waals surface area contributed by atoms with Crippen molar-refractivity contribution in [3.63, 3.8) is 0 Å². The third kappa shape index (κ3) is 3.27. The molecule has 20 heavy (non-hydrogen) atoms. The van der Waals surface area contributed by atoms with Gasteiger partial charge in [-0.3, -0.25) is 4.79 Å². The Morgan fingerprint density at radius 1 is 1.35 bits per heavy atom. The highest BCUT2D eigenvalue weighted by molar-refractivity contribution is 7.99. The van der Waals surface area contributed by atoms with E-state index < -0.39 is 5.97 Å². The lowest BCUT2D eigenvalue weighted by atomic mass is 10.1. The molecule has 2 rings (SSSR count). The minimum atomic E-state index is -0.988. The van der Waals surface area contributed by atoms with Crippen LogP contribution in [0.5, 0.6) is 0 Å². The fraction of sp³-hybridized carbons (Fsp3) is 0.214. The number of aromatic carboxylic acids is 1. The maximum atomic E-state index is 11.3. The first-order chi connectivity index (χ1) is 9.61. The van der Waals surface area contributed by atoms with Gasteiger partial charge >= 0.3 is 11.9 Å². The largest absolute Gasteiger partial charge is 0.478 e. The number of hydrogen-bond acceptors (Lipinski definition) is 5. The van der Waals surface area contributed by atoms with Crippen molar-refractivity contribution in [2.75, 3.05) is 12.9 Å². The fourth-order valence-corrected chi connectivity index (χ4v) is 2.58. The molecule has 2 aromatic rings. The van der Waals surface area contributed by atoms with E-state index in [4.69, 9.17) is 0 Å². The van der Waals surface area contributed by atoms with E-state index in [0.29, 0.717) is 21.7 Å². The first-order valence-corrected chi connectivity index (χ1v) is 6.93. The number of ether oxygens (including phenoxy) is 1. The lowest BCUT2D eigenvalue weighted by Gasteiger charge is -2.06. The zero-order valence-corrected chi connectivity index (χ0v) is 11.6. The van der Waals surface area contributed by atoms with Crippen LogP contribution in [0.25, 0.3) is 10.9 Å². The Morgan fingerprint density at radius 2 is 2.10 bits per heavy atom. The average Bonchev–Trinajstić information content (AvgIpc) is 2.46. The van der Waals surface area contributed by atoms with Crippen LogP contribution in [0.15, 0.2) is 35.4 Å². The summed E-state index contributed by atoms with van der Waals surface area (Å²) >= 11 is 1.34. The third-order valence-corrected chi connectivity index (χ3v) is 3.62. The number of fused-ring (bicyclic) bond motifs is 1. The molecule has 0 atom stereocenters. The molecule has 0 spiro atoms. The fourth-order valence-electron chi connectivity index (χ4n) is 1.74. The number of carbonyl (C=O) groups is 2. The van der Waals surface area contributed by atoms with Crippen LogP contribution >= 0.6 is 11.8 Å². The lowest BCUT2D eigenvalue weighted by Crippen LogP contribution is -2.02. The molecule has 0 aliphatic rings. The van der Waals surface area contributed by atoms with Gasteiger partial charge in [0.05, 0.1) is 29.6 Å². The monoisotopic (exact) mass is 291 g/mol. The molecule has 104 valence electrons. The molecule has 1 aromatic carbocycles. The molecule has 1 heterocycles. The standard InChI is InChI=1S/C14H13NO4S/c1-19-13(16)6-7-20-12-8-10(14(17)18)9-4-2-3-5-11(9)15-12/h2-5,8H,6-7H2,1H3,(H,17,18). The zero-order valence-electron chi connectivity index (χ0n) is 10.8. The van der Waals surface area contributed by atoms with Crippen molar-refractivity contribution in [2.24, 2.45) is 0 Å². The third-order valence-electron chi connectivity index (χ3n) is 2.71. The molecule has 0 unspecified atom stereocenters. The number of rotatable bonds is 5. The molecule has 0 bridgehead atoms. The molecule has 0 saturated carbocycles. The SMILES string of the molecule is COC(=O)CCSc1cc(C(=O)O)c2ccccc2n1. The summed E-state index contributed by atoms with van der Waals surface area (Å²) in [5.74, 6) is -0.785. The number of thioether (sulfide) groups is 1. The van der Waals surface area contributed by atoms with Gasteiger partial charge in [-0.1, -0.05) is 18.2 Å². The first-order valence-electron chi connectivity index (χ1n) is 5.94. The molecule has 0 aliphatic heterocycles. The summed E-state index contributed by atoms with van der Waals surface area (Å²) in [6.07, 6.45) is 0.262. The van der Waals surface area contributed by atoms with Crippen molar-refractivity contribution < 1.29 is 19.4 Å². The van der Waals surface area contributed by atoms with Gasteiger partial charge in [-0.25, -0.2) is 9.78 Å². The first kappa shape index (κ1) is 14.3. The summed E-state index contributed by atoms with van der Waals surface area (Å²) in [6, 6.07) is 8.62. The van der Waals surface area contributed by atoms with Crippen LogP contribution < -0.4 is 0 Å². The Morgan fingerprint density at radius 3 is 2.80 bits per heavy atom. The van der Waals surface area contributed by atoms with Gasteiger partial charge in [0.2, 0.25) is 0 Å². The molecule has 0 radical (unpaired) electrons. The normalized spacial score (nSPS) is 10.4. The topological polar surface area (TPSA) is 76.5 Å². The molecule has 0 amide bonds. The van der Waals surface area contributed by atoms with E-state index in [1.807, 2.05) is 6.07 Å². The van der Waals surface area contributed by atoms with E-state index in [1.165, 1.54) is 24.9 Å². The molecule has 5 nitrogen and oxygen atoms in total. The van der Waals surface area contributed by atoms with Crippen LogP contribution in [0.4, 0.5) is 0 Å². The number of aromatic nitrogens is 1. The lowest BCUT2D eigenvalue weighted by molar-refractivity contribution is -0.140. The summed E-state index contributed by atoms with van der Waals surface area (Å²) in [6.45, 7) is 0. The van der Waals surface area contributed by atoms with Gasteiger partial charge in [-0.05, 0) is 12.1 Å². The van der Waals surface area contributed by atoms with Crippen LogP contribution in [0.2, 0.25) is 0 Å². The van der Waals surface area contributed by atoms with Gasteiger partial charge in [0.1, 0.15) is 0 Å². The van der Waals surface area contributed by atoms with Crippen LogP contribution in [0.1, 0.15) is 16.8 Å². The van der Waals surface area contributed by atoms with Gasteiger partial charge in [-0.15, -0.1) is 11.8 Å². The Hall–Kier alpha value is -2.08. The van der Waals surface area contributed by atoms with Gasteiger partial charge in [0, 0.05) is 11.1 Å². The molecular formula is C14H13NO4S. The minimum absolute atomic E-state index is 0.219. The van der Waals surface area contributed by atoms with Crippen LogP contribution in [-0.4, -0.2) is 34.9 Å². The number of carbonyl (C=O) groups excluding carboxylic acids is 1. The Kier molecular flexibility index (Phi) is 4.57. The maximum absolute atomic E-state index is 11.3. The highest BCUT2D eigenvalue weighted by Gasteiger charge is 2.12. The van der Waals surface area contributed by atoms with Crippen LogP contribution in [0.3, 0.4) is 0 Å². The highest BCUT2D eigenvalue weighted by atomic mass is 32.2. The van der Waals surface area contributed by atoms with E-state index in [-0.39, 0.29) is 18.0 Å². The van der Waals surface area contributed by atoms with Gasteiger partial charge in [0.25, 0.3) is 0 Å². The molecule has 0 fully saturated rings. The van der Waals surface area contributed by atoms with E-state index in [1.54, 1.807) is 18.2 Å². The summed E-state index contributed by atoms with van der Waals surface area (Å²) in [5.41, 5.74) is 0.851. The number of carboxylic acids is 1. The van der Waals surface area contributed by atoms with Crippen LogP contribution in [0, 0.1) is 0 Å². The number of methoxy groups -OCH3 is 1. The number of benzene rings is 1. The number of esters is 1. The van der Waals surface area contributed by atoms with Crippen molar-refractivity contribution in [3.8, 4) is 0 Å². The van der Waals surface area contributed by atoms with Crippen molar-refractivity contribution in [2.45, 2.75) is 11.4 Å². The summed E-state index contributed by atoms with van der Waals surface area (Å²) in [7, 11) is 1.34. The highest BCUT2D eigenvalue weighted by Crippen LogP contribution is 2.24. The van der Waals surface area contributed by atoms with Crippen molar-refractivity contribution in [3.05, 3.63) is 35.9 Å². The average molecular weight is 291 g/mol. The van der Waals surface area contributed by atoms with Crippen molar-refractivity contribution in [1.29, 1.82) is 0 Å². The molecule has 0 saturated heterocycles. The van der Waals surface area contributed by atoms with E-state index in [2.05, 4.69) is 9.72 Å². The predicted molar refractivity (Wildman–Crippen MR) is 76.1 cm³/mol. The molecule has 0 aliphatic carbocycles.